The molecule has 2 aromatic carbocycles. The topological polar surface area (TPSA) is 155 Å². The van der Waals surface area contributed by atoms with E-state index in [0.717, 1.165) is 22.7 Å². The van der Waals surface area contributed by atoms with Crippen molar-refractivity contribution in [2.24, 2.45) is 0 Å². The van der Waals surface area contributed by atoms with E-state index in [1.807, 2.05) is 24.3 Å². The predicted molar refractivity (Wildman–Crippen MR) is 119 cm³/mol. The van der Waals surface area contributed by atoms with Gasteiger partial charge in [-0.3, -0.25) is 20.4 Å². The van der Waals surface area contributed by atoms with Crippen LogP contribution in [0.2, 0.25) is 0 Å². The number of benzene rings is 2. The second-order valence-corrected chi connectivity index (χ2v) is 7.58. The van der Waals surface area contributed by atoms with Crippen molar-refractivity contribution < 1.29 is 19.1 Å². The maximum atomic E-state index is 12.0. The van der Waals surface area contributed by atoms with Crippen LogP contribution < -0.4 is 20.3 Å². The number of amides is 2. The molecule has 3 N–H and O–H groups in total. The average molecular weight is 463 g/mol. The number of hydrazine groups is 1. The highest BCUT2D eigenvalue weighted by Gasteiger charge is 2.12. The summed E-state index contributed by atoms with van der Waals surface area (Å²) in [7, 11) is 1.59. The molecule has 4 rings (SSSR count). The van der Waals surface area contributed by atoms with Crippen LogP contribution in [-0.2, 0) is 9.59 Å². The summed E-state index contributed by atoms with van der Waals surface area (Å²) in [6, 6.07) is 13.8. The van der Waals surface area contributed by atoms with Crippen LogP contribution in [0, 0.1) is 11.3 Å². The quantitative estimate of drug-likeness (QED) is 0.274. The molecule has 0 saturated heterocycles. The molecule has 4 aromatic rings. The van der Waals surface area contributed by atoms with Crippen LogP contribution in [0.15, 0.2) is 47.6 Å². The molecular formula is C21H17N7O4S. The van der Waals surface area contributed by atoms with Crippen molar-refractivity contribution in [3.05, 3.63) is 48.0 Å². The van der Waals surface area contributed by atoms with E-state index < -0.39 is 11.8 Å². The number of rotatable bonds is 7. The largest absolute Gasteiger partial charge is 0.497 e. The van der Waals surface area contributed by atoms with Gasteiger partial charge in [0, 0.05) is 10.9 Å². The number of hydrogen-bond donors (Lipinski definition) is 3. The maximum absolute atomic E-state index is 12.0. The molecule has 0 bridgehead atoms. The van der Waals surface area contributed by atoms with Crippen LogP contribution in [0.3, 0.4) is 0 Å². The summed E-state index contributed by atoms with van der Waals surface area (Å²) in [4.78, 5) is 31.4. The number of fused-ring (bicyclic) bond motifs is 3. The summed E-state index contributed by atoms with van der Waals surface area (Å²) in [5.41, 5.74) is 7.05. The molecule has 2 heterocycles. The Morgan fingerprint density at radius 2 is 1.85 bits per heavy atom. The number of H-pyrrole nitrogens is 1. The minimum atomic E-state index is -0.537. The summed E-state index contributed by atoms with van der Waals surface area (Å²) in [5, 5.41) is 18.2. The van der Waals surface area contributed by atoms with Gasteiger partial charge in [-0.25, -0.2) is 4.98 Å². The highest BCUT2D eigenvalue weighted by atomic mass is 32.2. The fourth-order valence-corrected chi connectivity index (χ4v) is 3.43. The van der Waals surface area contributed by atoms with Gasteiger partial charge < -0.3 is 14.5 Å². The Morgan fingerprint density at radius 1 is 1.09 bits per heavy atom. The third-order valence-electron chi connectivity index (χ3n) is 4.43. The molecule has 2 amide bonds. The smallest absolute Gasteiger partial charge is 0.276 e. The van der Waals surface area contributed by atoms with Crippen LogP contribution in [0.5, 0.6) is 11.5 Å². The van der Waals surface area contributed by atoms with E-state index in [4.69, 9.17) is 14.7 Å². The van der Waals surface area contributed by atoms with Gasteiger partial charge >= 0.3 is 0 Å². The van der Waals surface area contributed by atoms with Gasteiger partial charge in [-0.1, -0.05) is 11.8 Å². The van der Waals surface area contributed by atoms with Crippen LogP contribution in [0.4, 0.5) is 0 Å². The Kier molecular flexibility index (Phi) is 6.51. The molecular weight excluding hydrogens is 446 g/mol. The number of nitrogens with one attached hydrogen (secondary N) is 3. The van der Waals surface area contributed by atoms with Crippen LogP contribution in [-0.4, -0.2) is 51.4 Å². The summed E-state index contributed by atoms with van der Waals surface area (Å²) in [5.74, 6) is 0.117. The van der Waals surface area contributed by atoms with E-state index in [2.05, 4.69) is 31.0 Å². The Morgan fingerprint density at radius 3 is 2.61 bits per heavy atom. The lowest BCUT2D eigenvalue weighted by molar-refractivity contribution is -0.128. The number of aromatic nitrogens is 4. The van der Waals surface area contributed by atoms with E-state index in [0.29, 0.717) is 33.4 Å². The van der Waals surface area contributed by atoms with Gasteiger partial charge in [-0.15, -0.1) is 10.2 Å². The zero-order valence-corrected chi connectivity index (χ0v) is 18.1. The SMILES string of the molecule is COc1ccc2[nH]c3nc(SCC(=O)NNC(=O)COc4ccc(C#N)cc4)nnc3c2c1. The van der Waals surface area contributed by atoms with Crippen molar-refractivity contribution in [2.75, 3.05) is 19.5 Å². The monoisotopic (exact) mass is 463 g/mol. The lowest BCUT2D eigenvalue weighted by atomic mass is 10.2. The summed E-state index contributed by atoms with van der Waals surface area (Å²) in [6.45, 7) is -0.297. The minimum Gasteiger partial charge on any atom is -0.497 e. The normalized spacial score (nSPS) is 10.5. The van der Waals surface area contributed by atoms with Gasteiger partial charge in [0.05, 0.1) is 24.5 Å². The van der Waals surface area contributed by atoms with Crippen LogP contribution in [0.1, 0.15) is 5.56 Å². The van der Waals surface area contributed by atoms with E-state index in [1.165, 1.54) is 0 Å². The fraction of sp³-hybridized carbons (Fsp3) is 0.143. The molecule has 0 aliphatic heterocycles. The first-order valence-corrected chi connectivity index (χ1v) is 10.6. The molecule has 0 atom stereocenters. The Labute approximate surface area is 191 Å². The molecule has 0 spiro atoms. The minimum absolute atomic E-state index is 0.0298. The summed E-state index contributed by atoms with van der Waals surface area (Å²) < 4.78 is 10.5. The number of nitriles is 1. The van der Waals surface area contributed by atoms with Crippen molar-refractivity contribution in [3.8, 4) is 17.6 Å². The number of carbonyl (C=O) groups excluding carboxylic acids is 2. The third-order valence-corrected chi connectivity index (χ3v) is 5.27. The van der Waals surface area contributed by atoms with Crippen LogP contribution in [0.25, 0.3) is 22.1 Å². The number of hydrogen-bond acceptors (Lipinski definition) is 9. The van der Waals surface area contributed by atoms with Crippen molar-refractivity contribution in [3.63, 3.8) is 0 Å². The molecule has 11 nitrogen and oxygen atoms in total. The van der Waals surface area contributed by atoms with Gasteiger partial charge in [-0.05, 0) is 42.5 Å². The Balaban J connectivity index is 1.26. The van der Waals surface area contributed by atoms with E-state index in [1.54, 1.807) is 31.4 Å². The zero-order chi connectivity index (χ0) is 23.2. The summed E-state index contributed by atoms with van der Waals surface area (Å²) in [6.07, 6.45) is 0. The molecule has 0 aliphatic rings. The fourth-order valence-electron chi connectivity index (χ4n) is 2.84. The number of ether oxygens (including phenoxy) is 2. The highest BCUT2D eigenvalue weighted by Crippen LogP contribution is 2.27. The molecule has 2 aromatic heterocycles. The molecule has 0 radical (unpaired) electrons. The molecule has 33 heavy (non-hydrogen) atoms. The molecule has 0 unspecified atom stereocenters. The summed E-state index contributed by atoms with van der Waals surface area (Å²) >= 11 is 1.08. The first-order valence-electron chi connectivity index (χ1n) is 9.59. The molecule has 0 aliphatic carbocycles. The predicted octanol–water partition coefficient (Wildman–Crippen LogP) is 1.70. The lowest BCUT2D eigenvalue weighted by Gasteiger charge is -2.08. The van der Waals surface area contributed by atoms with E-state index >= 15 is 0 Å². The third kappa shape index (κ3) is 5.28. The van der Waals surface area contributed by atoms with Gasteiger partial charge in [0.15, 0.2) is 12.3 Å². The lowest BCUT2D eigenvalue weighted by Crippen LogP contribution is -2.44. The van der Waals surface area contributed by atoms with Crippen molar-refractivity contribution in [1.82, 2.24) is 31.0 Å². The number of carbonyl (C=O) groups is 2. The number of thioether (sulfide) groups is 1. The Hall–Kier alpha value is -4.37. The van der Waals surface area contributed by atoms with E-state index in [-0.39, 0.29) is 12.4 Å². The standard InChI is InChI=1S/C21H17N7O4S/c1-31-14-6-7-16-15(8-14)19-20(23-16)24-21(28-27-19)33-11-18(30)26-25-17(29)10-32-13-4-2-12(9-22)3-5-13/h2-8H,10-11H2,1H3,(H,25,29)(H,26,30)(H,23,24,28). The van der Waals surface area contributed by atoms with E-state index in [9.17, 15) is 9.59 Å². The zero-order valence-electron chi connectivity index (χ0n) is 17.3. The molecule has 0 fully saturated rings. The van der Waals surface area contributed by atoms with Gasteiger partial charge in [0.2, 0.25) is 11.1 Å². The van der Waals surface area contributed by atoms with Gasteiger partial charge in [-0.2, -0.15) is 5.26 Å². The number of aromatic amines is 1. The molecule has 0 saturated carbocycles. The maximum Gasteiger partial charge on any atom is 0.276 e. The Bertz CT molecular complexity index is 1370. The average Bonchev–Trinajstić information content (AvgIpc) is 3.22. The van der Waals surface area contributed by atoms with Crippen LogP contribution >= 0.6 is 11.8 Å². The first-order chi connectivity index (χ1) is 16.1. The van der Waals surface area contributed by atoms with Gasteiger partial charge in [0.25, 0.3) is 5.91 Å². The molecule has 12 heteroatoms. The van der Waals surface area contributed by atoms with Gasteiger partial charge in [0.1, 0.15) is 17.0 Å². The highest BCUT2D eigenvalue weighted by molar-refractivity contribution is 7.99. The van der Waals surface area contributed by atoms with Crippen molar-refractivity contribution in [1.29, 1.82) is 5.26 Å². The molecule has 166 valence electrons. The second kappa shape index (κ2) is 9.84. The number of methoxy groups -OCH3 is 1. The second-order valence-electron chi connectivity index (χ2n) is 6.64. The number of nitrogens with zero attached hydrogens (tertiary/aromatic N) is 4. The first kappa shape index (κ1) is 21.8. The van der Waals surface area contributed by atoms with Crippen molar-refractivity contribution in [2.45, 2.75) is 5.16 Å². The van der Waals surface area contributed by atoms with Crippen molar-refractivity contribution >= 4 is 45.6 Å².